The first-order valence-corrected chi connectivity index (χ1v) is 9.81. The van der Waals surface area contributed by atoms with Crippen molar-refractivity contribution in [2.75, 3.05) is 6.61 Å². The van der Waals surface area contributed by atoms with Crippen molar-refractivity contribution in [2.45, 2.75) is 42.7 Å². The van der Waals surface area contributed by atoms with Gasteiger partial charge >= 0.3 is 10.4 Å². The molecule has 0 aliphatic carbocycles. The number of carbonyl (C=O) groups excluding carboxylic acids is 1. The van der Waals surface area contributed by atoms with Gasteiger partial charge in [0.05, 0.1) is 13.0 Å². The highest BCUT2D eigenvalue weighted by Crippen LogP contribution is 2.44. The van der Waals surface area contributed by atoms with E-state index in [1.165, 1.54) is 6.07 Å². The summed E-state index contributed by atoms with van der Waals surface area (Å²) in [7, 11) is -4.90. The zero-order valence-electron chi connectivity index (χ0n) is 14.6. The van der Waals surface area contributed by atoms with Gasteiger partial charge in [-0.2, -0.15) is 8.42 Å². The number of rotatable bonds is 6. The van der Waals surface area contributed by atoms with E-state index >= 15 is 0 Å². The van der Waals surface area contributed by atoms with Crippen molar-refractivity contribution in [3.8, 4) is 0 Å². The first-order valence-electron chi connectivity index (χ1n) is 7.99. The van der Waals surface area contributed by atoms with Gasteiger partial charge in [0, 0.05) is 5.56 Å². The molecule has 1 aliphatic heterocycles. The molecule has 11 nitrogen and oxygen atoms in total. The van der Waals surface area contributed by atoms with Crippen molar-refractivity contribution >= 4 is 28.9 Å². The van der Waals surface area contributed by atoms with Gasteiger partial charge in [0.15, 0.2) is 4.93 Å². The Bertz CT molecular complexity index is 830. The van der Waals surface area contributed by atoms with E-state index in [0.29, 0.717) is 5.56 Å². The number of ether oxygens (including phenoxy) is 1. The van der Waals surface area contributed by atoms with Crippen molar-refractivity contribution < 1.29 is 47.2 Å². The molecule has 1 heterocycles. The predicted molar refractivity (Wildman–Crippen MR) is 96.3 cm³/mol. The second kappa shape index (κ2) is 8.61. The highest BCUT2D eigenvalue weighted by Gasteiger charge is 2.53. The van der Waals surface area contributed by atoms with Gasteiger partial charge in [0.2, 0.25) is 5.91 Å². The lowest BCUT2D eigenvalue weighted by atomic mass is 9.85. The van der Waals surface area contributed by atoms with Gasteiger partial charge in [-0.25, -0.2) is 5.48 Å². The molecule has 1 aliphatic rings. The van der Waals surface area contributed by atoms with Crippen LogP contribution in [0.2, 0.25) is 0 Å². The monoisotopic (exact) mass is 439 g/mol. The minimum atomic E-state index is -4.90. The van der Waals surface area contributed by atoms with Crippen LogP contribution in [-0.2, 0) is 35.6 Å². The molecule has 28 heavy (non-hydrogen) atoms. The number of carbonyl (C=O) groups is 1. The fourth-order valence-corrected chi connectivity index (χ4v) is 3.86. The molecule has 0 aromatic heterocycles. The lowest BCUT2D eigenvalue weighted by Crippen LogP contribution is -2.61. The van der Waals surface area contributed by atoms with Gasteiger partial charge in [-0.05, 0) is 18.1 Å². The molecule has 5 atom stereocenters. The van der Waals surface area contributed by atoms with Crippen LogP contribution >= 0.6 is 12.6 Å². The Kier molecular flexibility index (Phi) is 7.07. The quantitative estimate of drug-likeness (QED) is 0.148. The van der Waals surface area contributed by atoms with Crippen LogP contribution in [-0.4, -0.2) is 70.3 Å². The summed E-state index contributed by atoms with van der Waals surface area (Å²) in [5, 5.41) is 40.0. The standard InChI is InChI=1S/C15H21NO10S2/c1-7-3-2-4-8(5-10(18)16-26-28(22,23)24)11(7)15(27)14(21)13(20)12(19)9(6-17)25-15/h2-4,9,12-14,17,19-21,27H,5-6H2,1H3,(H,16,18)(H,22,23,24)/t9-,12-,13+,14-,15+/m1/s1. The summed E-state index contributed by atoms with van der Waals surface area (Å²) in [5.41, 5.74) is 2.45. The first-order chi connectivity index (χ1) is 12.9. The van der Waals surface area contributed by atoms with E-state index < -0.39 is 58.7 Å². The van der Waals surface area contributed by atoms with Crippen LogP contribution in [0.4, 0.5) is 0 Å². The molecule has 6 N–H and O–H groups in total. The van der Waals surface area contributed by atoms with Crippen molar-refractivity contribution in [2.24, 2.45) is 0 Å². The number of nitrogens with one attached hydrogen (secondary N) is 1. The summed E-state index contributed by atoms with van der Waals surface area (Å²) in [6, 6.07) is 4.66. The summed E-state index contributed by atoms with van der Waals surface area (Å²) >= 11 is 4.35. The molecule has 0 radical (unpaired) electrons. The minimum Gasteiger partial charge on any atom is -0.394 e. The maximum absolute atomic E-state index is 12.0. The van der Waals surface area contributed by atoms with E-state index in [0.717, 1.165) is 0 Å². The Labute approximate surface area is 166 Å². The lowest BCUT2D eigenvalue weighted by molar-refractivity contribution is -0.245. The Morgan fingerprint density at radius 3 is 2.54 bits per heavy atom. The normalized spacial score (nSPS) is 30.8. The Morgan fingerprint density at radius 1 is 1.32 bits per heavy atom. The number of benzene rings is 1. The molecular formula is C15H21NO10S2. The summed E-state index contributed by atoms with van der Waals surface area (Å²) in [6.45, 7) is 0.946. The average molecular weight is 439 g/mol. The lowest BCUT2D eigenvalue weighted by Gasteiger charge is -2.47. The zero-order valence-corrected chi connectivity index (χ0v) is 16.3. The molecule has 0 unspecified atom stereocenters. The van der Waals surface area contributed by atoms with E-state index in [4.69, 9.17) is 9.29 Å². The smallest absolute Gasteiger partial charge is 0.394 e. The predicted octanol–water partition coefficient (Wildman–Crippen LogP) is -2.06. The van der Waals surface area contributed by atoms with Crippen LogP contribution in [0.5, 0.6) is 0 Å². The largest absolute Gasteiger partial charge is 0.418 e. The van der Waals surface area contributed by atoms with Crippen molar-refractivity contribution in [3.63, 3.8) is 0 Å². The van der Waals surface area contributed by atoms with Crippen LogP contribution in [0.25, 0.3) is 0 Å². The molecule has 1 saturated heterocycles. The first kappa shape index (κ1) is 23.0. The highest BCUT2D eigenvalue weighted by atomic mass is 32.3. The molecule has 2 rings (SSSR count). The Balaban J connectivity index is 2.40. The zero-order chi connectivity index (χ0) is 21.3. The van der Waals surface area contributed by atoms with Crippen LogP contribution in [0.1, 0.15) is 16.7 Å². The number of aliphatic hydroxyl groups is 4. The van der Waals surface area contributed by atoms with Crippen LogP contribution in [0, 0.1) is 6.92 Å². The van der Waals surface area contributed by atoms with Gasteiger partial charge in [0.25, 0.3) is 0 Å². The summed E-state index contributed by atoms with van der Waals surface area (Å²) in [4.78, 5) is 10.1. The number of hydroxylamine groups is 1. The molecule has 158 valence electrons. The van der Waals surface area contributed by atoms with E-state index in [1.807, 2.05) is 0 Å². The van der Waals surface area contributed by atoms with Crippen LogP contribution in [0.3, 0.4) is 0 Å². The number of aliphatic hydroxyl groups excluding tert-OH is 4. The number of thiol groups is 1. The molecule has 1 fully saturated rings. The van der Waals surface area contributed by atoms with Gasteiger partial charge in [-0.1, -0.05) is 18.2 Å². The molecule has 1 amide bonds. The van der Waals surface area contributed by atoms with Crippen LogP contribution in [0.15, 0.2) is 18.2 Å². The highest BCUT2D eigenvalue weighted by molar-refractivity contribution is 7.81. The third-order valence-electron chi connectivity index (χ3n) is 4.30. The summed E-state index contributed by atoms with van der Waals surface area (Å²) in [5.74, 6) is -0.953. The van der Waals surface area contributed by atoms with E-state index in [2.05, 4.69) is 16.9 Å². The van der Waals surface area contributed by atoms with E-state index in [-0.39, 0.29) is 11.1 Å². The maximum atomic E-state index is 12.0. The van der Waals surface area contributed by atoms with E-state index in [1.54, 1.807) is 24.5 Å². The number of amides is 1. The van der Waals surface area contributed by atoms with Crippen LogP contribution < -0.4 is 5.48 Å². The molecular weight excluding hydrogens is 418 g/mol. The van der Waals surface area contributed by atoms with E-state index in [9.17, 15) is 33.6 Å². The maximum Gasteiger partial charge on any atom is 0.418 e. The number of hydrogen-bond donors (Lipinski definition) is 7. The molecule has 0 saturated carbocycles. The summed E-state index contributed by atoms with van der Waals surface area (Å²) < 4.78 is 39.0. The molecule has 0 spiro atoms. The minimum absolute atomic E-state index is 0.178. The molecule has 13 heteroatoms. The molecule has 0 bridgehead atoms. The number of aryl methyl sites for hydroxylation is 1. The SMILES string of the molecule is Cc1cccc(CC(=O)NOS(=O)(=O)O)c1[C@@]1(S)O[C@H](CO)[C@@H](O)[C@H](O)[C@H]1O. The molecule has 1 aromatic carbocycles. The van der Waals surface area contributed by atoms with Gasteiger partial charge in [-0.3, -0.25) is 9.35 Å². The van der Waals surface area contributed by atoms with Gasteiger partial charge in [-0.15, -0.1) is 16.9 Å². The Hall–Kier alpha value is -1.29. The van der Waals surface area contributed by atoms with Gasteiger partial charge in [0.1, 0.15) is 24.4 Å². The second-order valence-electron chi connectivity index (χ2n) is 6.28. The fourth-order valence-electron chi connectivity index (χ4n) is 3.06. The van der Waals surface area contributed by atoms with Crippen molar-refractivity contribution in [3.05, 3.63) is 34.9 Å². The van der Waals surface area contributed by atoms with Gasteiger partial charge < -0.3 is 25.2 Å². The fraction of sp³-hybridized carbons (Fsp3) is 0.533. The third kappa shape index (κ3) is 4.82. The number of hydrogen-bond acceptors (Lipinski definition) is 10. The second-order valence-corrected chi connectivity index (χ2v) is 7.97. The third-order valence-corrected chi connectivity index (χ3v) is 5.18. The van der Waals surface area contributed by atoms with Crippen molar-refractivity contribution in [1.29, 1.82) is 0 Å². The van der Waals surface area contributed by atoms with Crippen molar-refractivity contribution in [1.82, 2.24) is 5.48 Å². The topological polar surface area (TPSA) is 183 Å². The molecule has 1 aromatic rings. The Morgan fingerprint density at radius 2 is 1.96 bits per heavy atom. The average Bonchev–Trinajstić information content (AvgIpc) is 2.61. The summed E-state index contributed by atoms with van der Waals surface area (Å²) in [6.07, 6.45) is -6.73.